The van der Waals surface area contributed by atoms with Crippen molar-refractivity contribution in [3.05, 3.63) is 85.9 Å². The van der Waals surface area contributed by atoms with E-state index in [0.29, 0.717) is 37.9 Å². The summed E-state index contributed by atoms with van der Waals surface area (Å²) < 4.78 is 8.13. The van der Waals surface area contributed by atoms with Crippen LogP contribution < -0.4 is 10.2 Å². The fourth-order valence-corrected chi connectivity index (χ4v) is 4.68. The maximum atomic E-state index is 12.7. The first-order chi connectivity index (χ1) is 13.5. The lowest BCUT2D eigenvalue weighted by molar-refractivity contribution is 0.0972. The van der Waals surface area contributed by atoms with Crippen LogP contribution in [0, 0.1) is 0 Å². The Bertz CT molecular complexity index is 1380. The third-order valence-electron chi connectivity index (χ3n) is 4.05. The molecule has 0 radical (unpaired) electrons. The van der Waals surface area contributed by atoms with Crippen molar-refractivity contribution in [3.63, 3.8) is 0 Å². The quantitative estimate of drug-likeness (QED) is 0.427. The van der Waals surface area contributed by atoms with E-state index in [-0.39, 0.29) is 11.2 Å². The van der Waals surface area contributed by atoms with Gasteiger partial charge in [-0.15, -0.1) is 6.58 Å². The highest BCUT2D eigenvalue weighted by Crippen LogP contribution is 2.29. The van der Waals surface area contributed by atoms with Crippen LogP contribution in [0.2, 0.25) is 10.0 Å². The minimum atomic E-state index is -0.658. The predicted octanol–water partition coefficient (Wildman–Crippen LogP) is 5.04. The molecule has 0 aliphatic heterocycles. The molecule has 0 saturated heterocycles. The van der Waals surface area contributed by atoms with Crippen molar-refractivity contribution in [1.29, 1.82) is 0 Å². The minimum Gasteiger partial charge on any atom is -0.451 e. The molecule has 2 heterocycles. The maximum absolute atomic E-state index is 12.7. The molecule has 4 rings (SSSR count). The van der Waals surface area contributed by atoms with E-state index in [1.807, 2.05) is 0 Å². The molecule has 0 atom stereocenters. The van der Waals surface area contributed by atoms with E-state index in [2.05, 4.69) is 11.6 Å². The average molecular weight is 431 g/mol. The molecule has 0 saturated carbocycles. The van der Waals surface area contributed by atoms with Crippen LogP contribution in [0.3, 0.4) is 0 Å². The van der Waals surface area contributed by atoms with Crippen LogP contribution in [0.4, 0.5) is 0 Å². The molecule has 1 amide bonds. The number of rotatable bonds is 3. The van der Waals surface area contributed by atoms with E-state index in [0.717, 1.165) is 10.8 Å². The summed E-state index contributed by atoms with van der Waals surface area (Å²) >= 11 is 13.7. The number of carbonyl (C=O) groups excluding carboxylic acids is 1. The van der Waals surface area contributed by atoms with Gasteiger partial charge in [-0.1, -0.05) is 52.7 Å². The van der Waals surface area contributed by atoms with Crippen LogP contribution in [0.5, 0.6) is 0 Å². The number of thiazole rings is 1. The molecule has 0 unspecified atom stereocenters. The number of aromatic nitrogens is 1. The van der Waals surface area contributed by atoms with Gasteiger partial charge < -0.3 is 8.98 Å². The third-order valence-corrected chi connectivity index (χ3v) is 5.58. The van der Waals surface area contributed by atoms with Crippen LogP contribution in [0.1, 0.15) is 10.6 Å². The Labute approximate surface area is 172 Å². The SMILES string of the molecule is C=CCn1c(=NC(=O)c2cc(=O)c3ccccc3o2)sc2cc(Cl)cc(Cl)c21. The molecular weight excluding hydrogens is 419 g/mol. The number of nitrogens with zero attached hydrogens (tertiary/aromatic N) is 2. The van der Waals surface area contributed by atoms with Crippen LogP contribution >= 0.6 is 34.5 Å². The average Bonchev–Trinajstić information content (AvgIpc) is 2.99. The molecule has 0 N–H and O–H groups in total. The van der Waals surface area contributed by atoms with E-state index in [9.17, 15) is 9.59 Å². The summed E-state index contributed by atoms with van der Waals surface area (Å²) in [5.74, 6) is -0.787. The molecule has 0 aliphatic rings. The third kappa shape index (κ3) is 3.30. The molecule has 5 nitrogen and oxygen atoms in total. The topological polar surface area (TPSA) is 64.6 Å². The Morgan fingerprint density at radius 2 is 2.04 bits per heavy atom. The first-order valence-corrected chi connectivity index (χ1v) is 9.76. The Kier molecular flexibility index (Phi) is 4.93. The van der Waals surface area contributed by atoms with E-state index in [1.165, 1.54) is 11.3 Å². The number of amides is 1. The van der Waals surface area contributed by atoms with Gasteiger partial charge in [-0.2, -0.15) is 4.99 Å². The molecule has 2 aromatic heterocycles. The predicted molar refractivity (Wildman–Crippen MR) is 112 cm³/mol. The van der Waals surface area contributed by atoms with Gasteiger partial charge in [-0.25, -0.2) is 0 Å². The fraction of sp³-hybridized carbons (Fsp3) is 0.0500. The highest BCUT2D eigenvalue weighted by molar-refractivity contribution is 7.16. The summed E-state index contributed by atoms with van der Waals surface area (Å²) in [6.07, 6.45) is 1.68. The Morgan fingerprint density at radius 3 is 2.82 bits per heavy atom. The Morgan fingerprint density at radius 1 is 1.25 bits per heavy atom. The van der Waals surface area contributed by atoms with Gasteiger partial charge in [0.2, 0.25) is 0 Å². The van der Waals surface area contributed by atoms with Gasteiger partial charge in [0.1, 0.15) is 5.58 Å². The maximum Gasteiger partial charge on any atom is 0.315 e. The molecule has 0 spiro atoms. The molecule has 4 aromatic rings. The summed E-state index contributed by atoms with van der Waals surface area (Å²) in [6.45, 7) is 4.14. The zero-order chi connectivity index (χ0) is 19.8. The monoisotopic (exact) mass is 430 g/mol. The molecule has 2 aromatic carbocycles. The first-order valence-electron chi connectivity index (χ1n) is 8.19. The number of hydrogen-bond acceptors (Lipinski definition) is 4. The zero-order valence-electron chi connectivity index (χ0n) is 14.3. The number of carbonyl (C=O) groups is 1. The van der Waals surface area contributed by atoms with Crippen molar-refractivity contribution in [2.75, 3.05) is 0 Å². The van der Waals surface area contributed by atoms with Crippen LogP contribution in [-0.2, 0) is 6.54 Å². The van der Waals surface area contributed by atoms with Gasteiger partial charge in [0.25, 0.3) is 0 Å². The first kappa shape index (κ1) is 18.7. The lowest BCUT2D eigenvalue weighted by Crippen LogP contribution is -2.17. The number of hydrogen-bond donors (Lipinski definition) is 0. The van der Waals surface area contributed by atoms with Crippen LogP contribution in [0.15, 0.2) is 69.3 Å². The Hall–Kier alpha value is -2.67. The molecule has 0 bridgehead atoms. The summed E-state index contributed by atoms with van der Waals surface area (Å²) in [5.41, 5.74) is 0.742. The number of para-hydroxylation sites is 1. The molecule has 0 aliphatic carbocycles. The smallest absolute Gasteiger partial charge is 0.315 e. The van der Waals surface area contributed by atoms with E-state index in [4.69, 9.17) is 27.6 Å². The van der Waals surface area contributed by atoms with Crippen molar-refractivity contribution >= 4 is 61.6 Å². The molecule has 0 fully saturated rings. The summed E-state index contributed by atoms with van der Waals surface area (Å²) in [5, 5.41) is 1.35. The number of fused-ring (bicyclic) bond motifs is 2. The molecule has 8 heteroatoms. The van der Waals surface area contributed by atoms with Gasteiger partial charge in [-0.3, -0.25) is 9.59 Å². The molecule has 28 heavy (non-hydrogen) atoms. The second-order valence-electron chi connectivity index (χ2n) is 5.91. The molecule has 140 valence electrons. The van der Waals surface area contributed by atoms with Gasteiger partial charge in [0.15, 0.2) is 16.0 Å². The van der Waals surface area contributed by atoms with Crippen molar-refractivity contribution in [2.24, 2.45) is 4.99 Å². The standard InChI is InChI=1S/C20H12Cl2N2O3S/c1-2-7-24-18-13(22)8-11(21)9-17(18)28-20(24)23-19(26)16-10-14(25)12-5-3-4-6-15(12)27-16/h2-6,8-10H,1,7H2. The lowest BCUT2D eigenvalue weighted by atomic mass is 10.2. The van der Waals surface area contributed by atoms with Crippen molar-refractivity contribution in [2.45, 2.75) is 6.54 Å². The lowest BCUT2D eigenvalue weighted by Gasteiger charge is -2.03. The van der Waals surface area contributed by atoms with E-state index >= 15 is 0 Å². The number of benzene rings is 2. The zero-order valence-corrected chi connectivity index (χ0v) is 16.6. The largest absolute Gasteiger partial charge is 0.451 e. The van der Waals surface area contributed by atoms with Gasteiger partial charge >= 0.3 is 5.91 Å². The van der Waals surface area contributed by atoms with E-state index < -0.39 is 5.91 Å². The highest BCUT2D eigenvalue weighted by Gasteiger charge is 2.15. The van der Waals surface area contributed by atoms with E-state index in [1.54, 1.807) is 47.0 Å². The highest BCUT2D eigenvalue weighted by atomic mass is 35.5. The summed E-state index contributed by atoms with van der Waals surface area (Å²) in [6, 6.07) is 11.3. The van der Waals surface area contributed by atoms with Crippen LogP contribution in [0.25, 0.3) is 21.2 Å². The van der Waals surface area contributed by atoms with Crippen molar-refractivity contribution < 1.29 is 9.21 Å². The Balaban J connectivity index is 1.91. The number of allylic oxidation sites excluding steroid dienone is 1. The van der Waals surface area contributed by atoms with Gasteiger partial charge in [-0.05, 0) is 24.3 Å². The summed E-state index contributed by atoms with van der Waals surface area (Å²) in [4.78, 5) is 29.5. The van der Waals surface area contributed by atoms with Crippen LogP contribution in [-0.4, -0.2) is 10.5 Å². The van der Waals surface area contributed by atoms with Crippen molar-refractivity contribution in [1.82, 2.24) is 4.57 Å². The summed E-state index contributed by atoms with van der Waals surface area (Å²) in [7, 11) is 0. The minimum absolute atomic E-state index is 0.129. The second kappa shape index (κ2) is 7.39. The van der Waals surface area contributed by atoms with Crippen molar-refractivity contribution in [3.8, 4) is 0 Å². The second-order valence-corrected chi connectivity index (χ2v) is 7.76. The normalized spacial score (nSPS) is 12.0. The fourth-order valence-electron chi connectivity index (χ4n) is 2.86. The van der Waals surface area contributed by atoms with Gasteiger partial charge in [0.05, 0.1) is 20.6 Å². The van der Waals surface area contributed by atoms with Gasteiger partial charge in [0, 0.05) is 17.6 Å². The number of halogens is 2. The molecular formula is C20H12Cl2N2O3S.